The zero-order valence-electron chi connectivity index (χ0n) is 15.5. The molecule has 1 unspecified atom stereocenters. The highest BCUT2D eigenvalue weighted by atomic mass is 16.6. The highest BCUT2D eigenvalue weighted by molar-refractivity contribution is 5.96. The number of nitro groups is 1. The van der Waals surface area contributed by atoms with Crippen LogP contribution in [0.3, 0.4) is 0 Å². The molecular formula is C21H21N3O4. The molecule has 1 heterocycles. The standard InChI is InChI=1S/C21H21N3O4/c1-15-2-7-18(8-3-15)23-14-17(12-21(23)26)13-22-20(25)11-6-16-4-9-19(10-5-16)24(27)28/h2-11,17H,12-14H2,1H3,(H,22,25)/b11-6-. The number of carbonyl (C=O) groups excluding carboxylic acids is 2. The predicted molar refractivity (Wildman–Crippen MR) is 107 cm³/mol. The minimum absolute atomic E-state index is 0.00522. The van der Waals surface area contributed by atoms with Gasteiger partial charge in [-0.25, -0.2) is 0 Å². The first-order chi connectivity index (χ1) is 13.4. The van der Waals surface area contributed by atoms with Gasteiger partial charge in [-0.15, -0.1) is 0 Å². The van der Waals surface area contributed by atoms with Crippen LogP contribution in [0.25, 0.3) is 6.08 Å². The molecule has 0 bridgehead atoms. The Bertz CT molecular complexity index is 904. The number of anilines is 1. The molecule has 1 aliphatic rings. The Kier molecular flexibility index (Phi) is 5.84. The summed E-state index contributed by atoms with van der Waals surface area (Å²) in [4.78, 5) is 36.2. The first-order valence-electron chi connectivity index (χ1n) is 9.00. The number of benzene rings is 2. The van der Waals surface area contributed by atoms with Gasteiger partial charge < -0.3 is 10.2 Å². The number of carbonyl (C=O) groups is 2. The molecule has 0 spiro atoms. The highest BCUT2D eigenvalue weighted by Gasteiger charge is 2.30. The van der Waals surface area contributed by atoms with Crippen LogP contribution in [0.1, 0.15) is 17.5 Å². The lowest BCUT2D eigenvalue weighted by molar-refractivity contribution is -0.384. The summed E-state index contributed by atoms with van der Waals surface area (Å²) in [6, 6.07) is 13.8. The second-order valence-electron chi connectivity index (χ2n) is 6.84. The van der Waals surface area contributed by atoms with Gasteiger partial charge in [0.05, 0.1) is 4.92 Å². The maximum absolute atomic E-state index is 12.3. The fourth-order valence-corrected chi connectivity index (χ4v) is 3.08. The molecule has 7 nitrogen and oxygen atoms in total. The van der Waals surface area contributed by atoms with E-state index < -0.39 is 4.92 Å². The minimum atomic E-state index is -0.469. The lowest BCUT2D eigenvalue weighted by Gasteiger charge is -2.17. The van der Waals surface area contributed by atoms with E-state index in [1.165, 1.54) is 18.2 Å². The molecule has 3 rings (SSSR count). The van der Waals surface area contributed by atoms with Gasteiger partial charge in [-0.3, -0.25) is 19.7 Å². The van der Waals surface area contributed by atoms with Crippen molar-refractivity contribution in [1.82, 2.24) is 5.32 Å². The Morgan fingerprint density at radius 1 is 1.21 bits per heavy atom. The summed E-state index contributed by atoms with van der Waals surface area (Å²) in [5.74, 6) is -0.144. The SMILES string of the molecule is Cc1ccc(N2CC(CNC(=O)/C=C\c3ccc([N+](=O)[O-])cc3)CC2=O)cc1. The van der Waals surface area contributed by atoms with Gasteiger partial charge in [0, 0.05) is 49.3 Å². The molecule has 1 saturated heterocycles. The van der Waals surface area contributed by atoms with Crippen molar-refractivity contribution in [2.45, 2.75) is 13.3 Å². The molecule has 2 aromatic carbocycles. The van der Waals surface area contributed by atoms with Gasteiger partial charge >= 0.3 is 0 Å². The maximum atomic E-state index is 12.3. The van der Waals surface area contributed by atoms with Crippen LogP contribution in [0, 0.1) is 23.0 Å². The third-order valence-electron chi connectivity index (χ3n) is 4.65. The Balaban J connectivity index is 1.50. The Hall–Kier alpha value is -3.48. The van der Waals surface area contributed by atoms with E-state index in [2.05, 4.69) is 5.32 Å². The van der Waals surface area contributed by atoms with Crippen molar-refractivity contribution in [3.05, 3.63) is 75.8 Å². The van der Waals surface area contributed by atoms with Gasteiger partial charge in [-0.05, 0) is 42.8 Å². The molecule has 0 aromatic heterocycles. The van der Waals surface area contributed by atoms with Crippen LogP contribution in [0.5, 0.6) is 0 Å². The van der Waals surface area contributed by atoms with Crippen molar-refractivity contribution in [2.24, 2.45) is 5.92 Å². The van der Waals surface area contributed by atoms with Crippen molar-refractivity contribution in [2.75, 3.05) is 18.0 Å². The van der Waals surface area contributed by atoms with Gasteiger partial charge in [0.2, 0.25) is 11.8 Å². The number of nitrogens with one attached hydrogen (secondary N) is 1. The van der Waals surface area contributed by atoms with Crippen molar-refractivity contribution < 1.29 is 14.5 Å². The smallest absolute Gasteiger partial charge is 0.269 e. The monoisotopic (exact) mass is 379 g/mol. The maximum Gasteiger partial charge on any atom is 0.269 e. The molecule has 0 aliphatic carbocycles. The number of non-ortho nitro benzene ring substituents is 1. The van der Waals surface area contributed by atoms with Crippen molar-refractivity contribution in [3.8, 4) is 0 Å². The third-order valence-corrected chi connectivity index (χ3v) is 4.65. The molecule has 1 fully saturated rings. The normalized spacial score (nSPS) is 16.5. The molecule has 7 heteroatoms. The van der Waals surface area contributed by atoms with Gasteiger partial charge in [-0.1, -0.05) is 17.7 Å². The molecule has 144 valence electrons. The van der Waals surface area contributed by atoms with Crippen molar-refractivity contribution >= 4 is 29.3 Å². The molecule has 1 N–H and O–H groups in total. The molecule has 1 aliphatic heterocycles. The molecular weight excluding hydrogens is 358 g/mol. The quantitative estimate of drug-likeness (QED) is 0.474. The first kappa shape index (κ1) is 19.3. The van der Waals surface area contributed by atoms with Gasteiger partial charge in [0.1, 0.15) is 0 Å². The molecule has 0 radical (unpaired) electrons. The Morgan fingerprint density at radius 3 is 2.54 bits per heavy atom. The highest BCUT2D eigenvalue weighted by Crippen LogP contribution is 2.25. The second kappa shape index (κ2) is 8.47. The van der Waals surface area contributed by atoms with Crippen LogP contribution in [0.2, 0.25) is 0 Å². The average molecular weight is 379 g/mol. The molecule has 2 aromatic rings. The van der Waals surface area contributed by atoms with E-state index in [0.717, 1.165) is 11.3 Å². The second-order valence-corrected chi connectivity index (χ2v) is 6.84. The van der Waals surface area contributed by atoms with E-state index >= 15 is 0 Å². The van der Waals surface area contributed by atoms with Crippen molar-refractivity contribution in [3.63, 3.8) is 0 Å². The summed E-state index contributed by atoms with van der Waals surface area (Å²) in [5.41, 5.74) is 2.72. The molecule has 0 saturated carbocycles. The van der Waals surface area contributed by atoms with Crippen LogP contribution in [-0.2, 0) is 9.59 Å². The Labute approximate surface area is 162 Å². The van der Waals surface area contributed by atoms with Crippen LogP contribution in [-0.4, -0.2) is 29.8 Å². The fraction of sp³-hybridized carbons (Fsp3) is 0.238. The minimum Gasteiger partial charge on any atom is -0.352 e. The zero-order chi connectivity index (χ0) is 20.1. The summed E-state index contributed by atoms with van der Waals surface area (Å²) >= 11 is 0. The summed E-state index contributed by atoms with van der Waals surface area (Å²) in [5, 5.41) is 13.5. The number of hydrogen-bond donors (Lipinski definition) is 1. The predicted octanol–water partition coefficient (Wildman–Crippen LogP) is 3.09. The van der Waals surface area contributed by atoms with Gasteiger partial charge in [0.25, 0.3) is 5.69 Å². The van der Waals surface area contributed by atoms with E-state index in [1.807, 2.05) is 31.2 Å². The number of amides is 2. The van der Waals surface area contributed by atoms with Crippen LogP contribution in [0.15, 0.2) is 54.6 Å². The Morgan fingerprint density at radius 2 is 1.89 bits per heavy atom. The van der Waals surface area contributed by atoms with Crippen LogP contribution < -0.4 is 10.2 Å². The van der Waals surface area contributed by atoms with Gasteiger partial charge in [0.15, 0.2) is 0 Å². The topological polar surface area (TPSA) is 92.6 Å². The van der Waals surface area contributed by atoms with Crippen molar-refractivity contribution in [1.29, 1.82) is 0 Å². The number of hydrogen-bond acceptors (Lipinski definition) is 4. The number of nitro benzene ring substituents is 1. The van der Waals surface area contributed by atoms with Crippen LogP contribution >= 0.6 is 0 Å². The third kappa shape index (κ3) is 4.82. The van der Waals surface area contributed by atoms with E-state index in [-0.39, 0.29) is 23.4 Å². The summed E-state index contributed by atoms with van der Waals surface area (Å²) in [6.07, 6.45) is 3.38. The fourth-order valence-electron chi connectivity index (χ4n) is 3.08. The summed E-state index contributed by atoms with van der Waals surface area (Å²) in [7, 11) is 0. The molecule has 1 atom stereocenters. The molecule has 28 heavy (non-hydrogen) atoms. The lowest BCUT2D eigenvalue weighted by atomic mass is 10.1. The molecule has 2 amide bonds. The first-order valence-corrected chi connectivity index (χ1v) is 9.00. The lowest BCUT2D eigenvalue weighted by Crippen LogP contribution is -2.30. The van der Waals surface area contributed by atoms with E-state index in [9.17, 15) is 19.7 Å². The van der Waals surface area contributed by atoms with E-state index in [0.29, 0.717) is 25.1 Å². The zero-order valence-corrected chi connectivity index (χ0v) is 15.5. The van der Waals surface area contributed by atoms with Gasteiger partial charge in [-0.2, -0.15) is 0 Å². The number of nitrogens with zero attached hydrogens (tertiary/aromatic N) is 2. The van der Waals surface area contributed by atoms with E-state index in [1.54, 1.807) is 23.1 Å². The van der Waals surface area contributed by atoms with E-state index in [4.69, 9.17) is 0 Å². The van der Waals surface area contributed by atoms with Crippen LogP contribution in [0.4, 0.5) is 11.4 Å². The average Bonchev–Trinajstić information content (AvgIpc) is 3.06. The number of aryl methyl sites for hydroxylation is 1. The summed E-state index contributed by atoms with van der Waals surface area (Å²) < 4.78 is 0. The number of rotatable bonds is 6. The largest absolute Gasteiger partial charge is 0.352 e. The summed E-state index contributed by atoms with van der Waals surface area (Å²) in [6.45, 7) is 2.99.